The number of hydrogen-bond donors (Lipinski definition) is 2. The van der Waals surface area contributed by atoms with E-state index in [0.717, 1.165) is 6.54 Å². The Morgan fingerprint density at radius 3 is 2.81 bits per heavy atom. The molecule has 0 saturated heterocycles. The number of benzene rings is 1. The second-order valence-corrected chi connectivity index (χ2v) is 6.31. The molecule has 0 aliphatic carbocycles. The van der Waals surface area contributed by atoms with E-state index >= 15 is 0 Å². The Morgan fingerprint density at radius 1 is 1.29 bits per heavy atom. The van der Waals surface area contributed by atoms with Crippen molar-refractivity contribution >= 4 is 11.8 Å². The van der Waals surface area contributed by atoms with Gasteiger partial charge in [0.2, 0.25) is 0 Å². The molecule has 21 heavy (non-hydrogen) atoms. The van der Waals surface area contributed by atoms with E-state index in [-0.39, 0.29) is 0 Å². The Balaban J connectivity index is 2.29. The van der Waals surface area contributed by atoms with Gasteiger partial charge in [-0.1, -0.05) is 26.0 Å². The van der Waals surface area contributed by atoms with E-state index in [1.807, 2.05) is 0 Å². The summed E-state index contributed by atoms with van der Waals surface area (Å²) in [5.41, 5.74) is 1.26. The van der Waals surface area contributed by atoms with E-state index in [4.69, 9.17) is 9.47 Å². The number of aliphatic hydroxyl groups excluding tert-OH is 1. The minimum Gasteiger partial charge on any atom is -0.390 e. The van der Waals surface area contributed by atoms with Crippen molar-refractivity contribution in [2.75, 3.05) is 32.7 Å². The number of nitrogens with one attached hydrogen (secondary N) is 1. The summed E-state index contributed by atoms with van der Waals surface area (Å²) in [5, 5.41) is 13.3. The van der Waals surface area contributed by atoms with E-state index in [9.17, 15) is 5.11 Å². The molecule has 1 rings (SSSR count). The molecule has 5 heteroatoms. The Bertz CT molecular complexity index is 388. The summed E-state index contributed by atoms with van der Waals surface area (Å²) in [4.78, 5) is 1.17. The predicted molar refractivity (Wildman–Crippen MR) is 87.8 cm³/mol. The maximum atomic E-state index is 9.86. The number of methoxy groups -OCH3 is 1. The molecule has 0 aliphatic rings. The highest BCUT2D eigenvalue weighted by molar-refractivity contribution is 7.99. The second kappa shape index (κ2) is 11.0. The monoisotopic (exact) mass is 313 g/mol. The molecule has 0 saturated carbocycles. The first-order chi connectivity index (χ1) is 10.1. The van der Waals surface area contributed by atoms with Crippen LogP contribution in [0.25, 0.3) is 0 Å². The first-order valence-corrected chi connectivity index (χ1v) is 8.30. The molecule has 0 aliphatic heterocycles. The quantitative estimate of drug-likeness (QED) is 0.485. The van der Waals surface area contributed by atoms with Gasteiger partial charge in [0.25, 0.3) is 0 Å². The molecule has 1 aromatic rings. The molecule has 0 heterocycles. The lowest BCUT2D eigenvalue weighted by Gasteiger charge is -2.12. The van der Waals surface area contributed by atoms with Crippen LogP contribution < -0.4 is 5.32 Å². The maximum absolute atomic E-state index is 9.86. The standard InChI is InChI=1S/C16H27NO3S/c1-13(2)17-10-14-5-4-6-16(9-14)21-12-15(18)11-20-8-7-19-3/h4-6,9,13,15,17-18H,7-8,10-12H2,1-3H3. The van der Waals surface area contributed by atoms with Crippen LogP contribution in [0, 0.1) is 0 Å². The molecule has 1 unspecified atom stereocenters. The third-order valence-electron chi connectivity index (χ3n) is 2.80. The van der Waals surface area contributed by atoms with Gasteiger partial charge < -0.3 is 19.9 Å². The van der Waals surface area contributed by atoms with Crippen molar-refractivity contribution in [3.8, 4) is 0 Å². The summed E-state index contributed by atoms with van der Waals surface area (Å²) in [6.45, 7) is 6.58. The zero-order chi connectivity index (χ0) is 15.5. The van der Waals surface area contributed by atoms with Gasteiger partial charge in [-0.05, 0) is 17.7 Å². The van der Waals surface area contributed by atoms with Crippen LogP contribution in [0.2, 0.25) is 0 Å². The number of ether oxygens (including phenoxy) is 2. The summed E-state index contributed by atoms with van der Waals surface area (Å²) >= 11 is 1.65. The summed E-state index contributed by atoms with van der Waals surface area (Å²) in [6, 6.07) is 8.89. The van der Waals surface area contributed by atoms with E-state index < -0.39 is 6.10 Å². The zero-order valence-corrected chi connectivity index (χ0v) is 14.0. The summed E-state index contributed by atoms with van der Waals surface area (Å²) in [7, 11) is 1.64. The summed E-state index contributed by atoms with van der Waals surface area (Å²) < 4.78 is 10.2. The van der Waals surface area contributed by atoms with Gasteiger partial charge in [0.15, 0.2) is 0 Å². The van der Waals surface area contributed by atoms with Crippen LogP contribution in [0.4, 0.5) is 0 Å². The highest BCUT2D eigenvalue weighted by Gasteiger charge is 2.06. The normalized spacial score (nSPS) is 12.8. The fraction of sp³-hybridized carbons (Fsp3) is 0.625. The summed E-state index contributed by atoms with van der Waals surface area (Å²) in [6.07, 6.45) is -0.454. The lowest BCUT2D eigenvalue weighted by Crippen LogP contribution is -2.21. The van der Waals surface area contributed by atoms with Gasteiger partial charge in [0.1, 0.15) is 0 Å². The van der Waals surface area contributed by atoms with Gasteiger partial charge >= 0.3 is 0 Å². The second-order valence-electron chi connectivity index (χ2n) is 5.22. The molecule has 0 aromatic heterocycles. The number of rotatable bonds is 11. The van der Waals surface area contributed by atoms with Gasteiger partial charge in [-0.15, -0.1) is 11.8 Å². The molecule has 120 valence electrons. The van der Waals surface area contributed by atoms with Crippen molar-refractivity contribution in [1.29, 1.82) is 0 Å². The molecule has 2 N–H and O–H groups in total. The topological polar surface area (TPSA) is 50.7 Å². The van der Waals surface area contributed by atoms with Crippen molar-refractivity contribution < 1.29 is 14.6 Å². The molecule has 0 bridgehead atoms. The van der Waals surface area contributed by atoms with E-state index in [2.05, 4.69) is 43.4 Å². The van der Waals surface area contributed by atoms with Crippen LogP contribution in [-0.4, -0.2) is 49.9 Å². The molecule has 0 spiro atoms. The minimum absolute atomic E-state index is 0.352. The Hall–Kier alpha value is -0.590. The van der Waals surface area contributed by atoms with Crippen LogP contribution in [0.3, 0.4) is 0 Å². The highest BCUT2D eigenvalue weighted by Crippen LogP contribution is 2.20. The van der Waals surface area contributed by atoms with Crippen molar-refractivity contribution in [2.45, 2.75) is 37.4 Å². The van der Waals surface area contributed by atoms with Crippen LogP contribution in [0.15, 0.2) is 29.2 Å². The number of thioether (sulfide) groups is 1. The Labute approximate surface area is 132 Å². The van der Waals surface area contributed by atoms with E-state index in [0.29, 0.717) is 31.6 Å². The SMILES string of the molecule is COCCOCC(O)CSc1cccc(CNC(C)C)c1. The van der Waals surface area contributed by atoms with E-state index in [1.54, 1.807) is 18.9 Å². The van der Waals surface area contributed by atoms with Crippen molar-refractivity contribution in [3.63, 3.8) is 0 Å². The number of aliphatic hydroxyl groups is 1. The first-order valence-electron chi connectivity index (χ1n) is 7.31. The molecular formula is C16H27NO3S. The molecule has 1 atom stereocenters. The average molecular weight is 313 g/mol. The molecule has 4 nitrogen and oxygen atoms in total. The lowest BCUT2D eigenvalue weighted by atomic mass is 10.2. The number of hydrogen-bond acceptors (Lipinski definition) is 5. The molecule has 0 fully saturated rings. The molecule has 0 amide bonds. The smallest absolute Gasteiger partial charge is 0.0867 e. The largest absolute Gasteiger partial charge is 0.390 e. The minimum atomic E-state index is -0.454. The van der Waals surface area contributed by atoms with Crippen molar-refractivity contribution in [2.24, 2.45) is 0 Å². The predicted octanol–water partition coefficient (Wildman–Crippen LogP) is 2.30. The van der Waals surface area contributed by atoms with Crippen LogP contribution in [-0.2, 0) is 16.0 Å². The van der Waals surface area contributed by atoms with Crippen molar-refractivity contribution in [3.05, 3.63) is 29.8 Å². The molecule has 0 radical (unpaired) electrons. The Morgan fingerprint density at radius 2 is 2.10 bits per heavy atom. The van der Waals surface area contributed by atoms with Gasteiger partial charge in [-0.3, -0.25) is 0 Å². The fourth-order valence-electron chi connectivity index (χ4n) is 1.67. The lowest BCUT2D eigenvalue weighted by molar-refractivity contribution is 0.0218. The van der Waals surface area contributed by atoms with Gasteiger partial charge in [-0.25, -0.2) is 0 Å². The van der Waals surface area contributed by atoms with Crippen molar-refractivity contribution in [1.82, 2.24) is 5.32 Å². The van der Waals surface area contributed by atoms with Crippen LogP contribution in [0.5, 0.6) is 0 Å². The van der Waals surface area contributed by atoms with E-state index in [1.165, 1.54) is 10.5 Å². The maximum Gasteiger partial charge on any atom is 0.0867 e. The zero-order valence-electron chi connectivity index (χ0n) is 13.2. The van der Waals surface area contributed by atoms with Gasteiger partial charge in [-0.2, -0.15) is 0 Å². The fourth-order valence-corrected chi connectivity index (χ4v) is 2.56. The van der Waals surface area contributed by atoms with Gasteiger partial charge in [0.05, 0.1) is 25.9 Å². The van der Waals surface area contributed by atoms with Gasteiger partial charge in [0, 0.05) is 30.3 Å². The first kappa shape index (κ1) is 18.5. The molecular weight excluding hydrogens is 286 g/mol. The van der Waals surface area contributed by atoms with Crippen LogP contribution in [0.1, 0.15) is 19.4 Å². The summed E-state index contributed by atoms with van der Waals surface area (Å²) in [5.74, 6) is 0.633. The Kier molecular flexibility index (Phi) is 9.70. The average Bonchev–Trinajstić information content (AvgIpc) is 2.48. The highest BCUT2D eigenvalue weighted by atomic mass is 32.2. The molecule has 1 aromatic carbocycles. The third kappa shape index (κ3) is 9.11. The third-order valence-corrected chi connectivity index (χ3v) is 3.94. The van der Waals surface area contributed by atoms with Crippen LogP contribution >= 0.6 is 11.8 Å².